The number of ether oxygens (including phenoxy) is 2. The Bertz CT molecular complexity index is 738. The normalized spacial score (nSPS) is 23.2. The summed E-state index contributed by atoms with van der Waals surface area (Å²) < 4.78 is 10.6. The van der Waals surface area contributed by atoms with Crippen LogP contribution in [-0.4, -0.2) is 106 Å². The number of rotatable bonds is 7. The van der Waals surface area contributed by atoms with Crippen molar-refractivity contribution < 1.29 is 19.1 Å². The Labute approximate surface area is 209 Å². The van der Waals surface area contributed by atoms with E-state index in [4.69, 9.17) is 14.5 Å². The van der Waals surface area contributed by atoms with Crippen LogP contribution in [0.15, 0.2) is 9.98 Å². The second-order valence-electron chi connectivity index (χ2n) is 9.99. The van der Waals surface area contributed by atoms with Gasteiger partial charge in [-0.25, -0.2) is 9.79 Å². The molecule has 0 aromatic rings. The zero-order valence-corrected chi connectivity index (χ0v) is 21.8. The van der Waals surface area contributed by atoms with E-state index < -0.39 is 17.7 Å². The Balaban J connectivity index is 1.85. The van der Waals surface area contributed by atoms with Crippen LogP contribution >= 0.6 is 0 Å². The summed E-state index contributed by atoms with van der Waals surface area (Å²) in [6, 6.07) is -0.598. The maximum atomic E-state index is 13.8. The van der Waals surface area contributed by atoms with Crippen LogP contribution in [0.25, 0.3) is 0 Å². The number of hydrogen-bond donors (Lipinski definition) is 2. The van der Waals surface area contributed by atoms with Crippen molar-refractivity contribution in [3.05, 3.63) is 0 Å². The van der Waals surface area contributed by atoms with Crippen LogP contribution < -0.4 is 10.6 Å². The van der Waals surface area contributed by atoms with E-state index in [1.807, 2.05) is 11.1 Å². The summed E-state index contributed by atoms with van der Waals surface area (Å²) in [4.78, 5) is 39.5. The molecule has 10 heteroatoms. The van der Waals surface area contributed by atoms with Crippen LogP contribution in [0.4, 0.5) is 4.79 Å². The molecule has 0 aromatic carbocycles. The number of carbonyl (C=O) groups is 2. The molecule has 1 saturated carbocycles. The predicted octanol–water partition coefficient (Wildman–Crippen LogP) is 2.04. The number of amides is 2. The molecule has 3 rings (SSSR count). The van der Waals surface area contributed by atoms with Gasteiger partial charge in [0.05, 0.1) is 25.4 Å². The largest absolute Gasteiger partial charge is 0.450 e. The van der Waals surface area contributed by atoms with E-state index in [0.29, 0.717) is 44.6 Å². The molecule has 3 aliphatic rings. The van der Waals surface area contributed by atoms with E-state index in [1.54, 1.807) is 14.0 Å². The summed E-state index contributed by atoms with van der Waals surface area (Å²) in [7, 11) is 3.85. The zero-order valence-electron chi connectivity index (χ0n) is 21.8. The monoisotopic (exact) mass is 492 g/mol. The van der Waals surface area contributed by atoms with Crippen molar-refractivity contribution >= 4 is 24.2 Å². The van der Waals surface area contributed by atoms with Crippen molar-refractivity contribution in [3.63, 3.8) is 0 Å². The molecule has 198 valence electrons. The number of guanidine groups is 1. The van der Waals surface area contributed by atoms with Gasteiger partial charge in [-0.1, -0.05) is 32.1 Å². The van der Waals surface area contributed by atoms with Gasteiger partial charge in [-0.2, -0.15) is 0 Å². The van der Waals surface area contributed by atoms with Crippen molar-refractivity contribution in [2.75, 3.05) is 60.1 Å². The number of carbonyl (C=O) groups excluding carboxylic acids is 2. The number of aliphatic imine (C=N–C) groups is 2. The quantitative estimate of drug-likeness (QED) is 0.416. The molecular weight excluding hydrogens is 448 g/mol. The third-order valence-electron chi connectivity index (χ3n) is 7.29. The summed E-state index contributed by atoms with van der Waals surface area (Å²) in [5.41, 5.74) is -0.466. The Morgan fingerprint density at radius 2 is 1.83 bits per heavy atom. The molecule has 2 N–H and O–H groups in total. The van der Waals surface area contributed by atoms with Crippen molar-refractivity contribution in [2.24, 2.45) is 15.9 Å². The standard InChI is InChI=1S/C25H44N6O4/c1-4-35-24(33)28-23(31-14-16-34-17-15-31)27-21(18-20-8-6-5-7-9-20)22(32)29-25(19-26-2)10-12-30(3)13-11-25/h19-21H,4-18H2,1-3H3,(H,29,32)(H,27,28,33)/t21-/m0/s1. The molecular formula is C25H44N6O4. The molecule has 0 spiro atoms. The maximum absolute atomic E-state index is 13.8. The summed E-state index contributed by atoms with van der Waals surface area (Å²) >= 11 is 0. The number of nitrogens with one attached hydrogen (secondary N) is 2. The average molecular weight is 493 g/mol. The molecule has 10 nitrogen and oxygen atoms in total. The number of morpholine rings is 1. The van der Waals surface area contributed by atoms with Crippen molar-refractivity contribution in [1.29, 1.82) is 0 Å². The minimum atomic E-state index is -0.598. The van der Waals surface area contributed by atoms with Gasteiger partial charge in [-0.3, -0.25) is 15.1 Å². The van der Waals surface area contributed by atoms with E-state index >= 15 is 0 Å². The number of nitrogens with zero attached hydrogens (tertiary/aromatic N) is 4. The van der Waals surface area contributed by atoms with Crippen LogP contribution in [0.5, 0.6) is 0 Å². The van der Waals surface area contributed by atoms with Crippen molar-refractivity contribution in [1.82, 2.24) is 20.4 Å². The molecule has 0 bridgehead atoms. The van der Waals surface area contributed by atoms with Gasteiger partial charge in [0.2, 0.25) is 11.9 Å². The second kappa shape index (κ2) is 13.8. The first kappa shape index (κ1) is 27.4. The van der Waals surface area contributed by atoms with E-state index in [1.165, 1.54) is 19.3 Å². The minimum absolute atomic E-state index is 0.101. The molecule has 2 aliphatic heterocycles. The maximum Gasteiger partial charge on any atom is 0.413 e. The third-order valence-corrected chi connectivity index (χ3v) is 7.29. The van der Waals surface area contributed by atoms with Crippen LogP contribution in [0.1, 0.15) is 58.3 Å². The van der Waals surface area contributed by atoms with Gasteiger partial charge in [-0.05, 0) is 39.2 Å². The number of hydrogen-bond acceptors (Lipinski definition) is 7. The zero-order chi connectivity index (χ0) is 25.1. The van der Waals surface area contributed by atoms with Gasteiger partial charge < -0.3 is 24.6 Å². The summed E-state index contributed by atoms with van der Waals surface area (Å²) in [5.74, 6) is 0.741. The highest BCUT2D eigenvalue weighted by molar-refractivity contribution is 5.96. The smallest absolute Gasteiger partial charge is 0.413 e. The molecule has 1 aliphatic carbocycles. The third kappa shape index (κ3) is 8.45. The highest BCUT2D eigenvalue weighted by atomic mass is 16.5. The number of likely N-dealkylation sites (tertiary alicyclic amines) is 1. The van der Waals surface area contributed by atoms with Crippen molar-refractivity contribution in [2.45, 2.75) is 69.9 Å². The van der Waals surface area contributed by atoms with E-state index in [9.17, 15) is 9.59 Å². The Morgan fingerprint density at radius 3 is 2.46 bits per heavy atom. The topological polar surface area (TPSA) is 108 Å². The van der Waals surface area contributed by atoms with Gasteiger partial charge in [0.1, 0.15) is 6.04 Å². The van der Waals surface area contributed by atoms with Gasteiger partial charge >= 0.3 is 6.09 Å². The molecule has 35 heavy (non-hydrogen) atoms. The van der Waals surface area contributed by atoms with Crippen LogP contribution in [0.3, 0.4) is 0 Å². The summed E-state index contributed by atoms with van der Waals surface area (Å²) in [6.45, 7) is 6.11. The second-order valence-corrected chi connectivity index (χ2v) is 9.99. The fraction of sp³-hybridized carbons (Fsp3) is 0.840. The SMILES string of the molecule is CCOC(=O)NC(=N[C@@H](CC1CCCCC1)C(=O)NC1(C=NC)CCN(C)CC1)N1CCOCC1. The highest BCUT2D eigenvalue weighted by Gasteiger charge is 2.36. The first-order chi connectivity index (χ1) is 16.9. The molecule has 2 amide bonds. The molecule has 0 aromatic heterocycles. The minimum Gasteiger partial charge on any atom is -0.450 e. The first-order valence-corrected chi connectivity index (χ1v) is 13.2. The molecule has 2 saturated heterocycles. The van der Waals surface area contributed by atoms with Crippen LogP contribution in [0, 0.1) is 5.92 Å². The molecule has 2 heterocycles. The number of alkyl carbamates (subject to hydrolysis) is 1. The highest BCUT2D eigenvalue weighted by Crippen LogP contribution is 2.29. The Hall–Kier alpha value is -2.20. The molecule has 0 unspecified atom stereocenters. The van der Waals surface area contributed by atoms with Gasteiger partial charge in [0, 0.05) is 39.4 Å². The number of piperidine rings is 1. The lowest BCUT2D eigenvalue weighted by Crippen LogP contribution is -2.58. The summed E-state index contributed by atoms with van der Waals surface area (Å²) in [5, 5.41) is 6.12. The van der Waals surface area contributed by atoms with E-state index in [0.717, 1.165) is 38.8 Å². The molecule has 0 radical (unpaired) electrons. The van der Waals surface area contributed by atoms with Crippen LogP contribution in [0.2, 0.25) is 0 Å². The Kier molecular flexibility index (Phi) is 10.8. The molecule has 1 atom stereocenters. The van der Waals surface area contributed by atoms with Crippen molar-refractivity contribution in [3.8, 4) is 0 Å². The lowest BCUT2D eigenvalue weighted by Gasteiger charge is -2.39. The fourth-order valence-electron chi connectivity index (χ4n) is 5.21. The predicted molar refractivity (Wildman–Crippen MR) is 137 cm³/mol. The summed E-state index contributed by atoms with van der Waals surface area (Å²) in [6.07, 6.45) is 9.49. The molecule has 3 fully saturated rings. The van der Waals surface area contributed by atoms with Crippen LogP contribution in [-0.2, 0) is 14.3 Å². The first-order valence-electron chi connectivity index (χ1n) is 13.2. The Morgan fingerprint density at radius 1 is 1.14 bits per heavy atom. The van der Waals surface area contributed by atoms with Gasteiger partial charge in [-0.15, -0.1) is 0 Å². The van der Waals surface area contributed by atoms with E-state index in [2.05, 4.69) is 27.6 Å². The lowest BCUT2D eigenvalue weighted by molar-refractivity contribution is -0.124. The average Bonchev–Trinajstić information content (AvgIpc) is 2.86. The van der Waals surface area contributed by atoms with Gasteiger partial charge in [0.15, 0.2) is 0 Å². The van der Waals surface area contributed by atoms with E-state index in [-0.39, 0.29) is 12.5 Å². The van der Waals surface area contributed by atoms with Gasteiger partial charge in [0.25, 0.3) is 0 Å². The lowest BCUT2D eigenvalue weighted by atomic mass is 9.84. The fourth-order valence-corrected chi connectivity index (χ4v) is 5.21.